The second-order valence-corrected chi connectivity index (χ2v) is 7.49. The maximum absolute atomic E-state index is 12.0. The van der Waals surface area contributed by atoms with Crippen LogP contribution >= 0.6 is 0 Å². The number of nitrogens with one attached hydrogen (secondary N) is 1. The summed E-state index contributed by atoms with van der Waals surface area (Å²) in [6.07, 6.45) is 0.810. The second kappa shape index (κ2) is 9.02. The molecule has 3 aromatic rings. The number of amides is 1. The average molecular weight is 380 g/mol. The van der Waals surface area contributed by atoms with Gasteiger partial charge in [0.2, 0.25) is 5.91 Å². The lowest BCUT2D eigenvalue weighted by Gasteiger charge is -2.21. The highest BCUT2D eigenvalue weighted by molar-refractivity contribution is 5.93. The van der Waals surface area contributed by atoms with Crippen molar-refractivity contribution in [2.45, 2.75) is 27.2 Å². The van der Waals surface area contributed by atoms with E-state index >= 15 is 0 Å². The maximum Gasteiger partial charge on any atom is 0.225 e. The van der Waals surface area contributed by atoms with Gasteiger partial charge in [0.15, 0.2) is 0 Å². The zero-order valence-corrected chi connectivity index (χ0v) is 16.8. The van der Waals surface area contributed by atoms with E-state index in [2.05, 4.69) is 22.4 Å². The summed E-state index contributed by atoms with van der Waals surface area (Å²) in [6, 6.07) is 16.1. The molecule has 5 heteroatoms. The third kappa shape index (κ3) is 4.98. The summed E-state index contributed by atoms with van der Waals surface area (Å²) in [5.41, 5.74) is 1.61. The van der Waals surface area contributed by atoms with Gasteiger partial charge < -0.3 is 14.8 Å². The second-order valence-electron chi connectivity index (χ2n) is 7.49. The summed E-state index contributed by atoms with van der Waals surface area (Å²) < 4.78 is 11.3. The minimum Gasteiger partial charge on any atom is -0.491 e. The van der Waals surface area contributed by atoms with Crippen LogP contribution in [0.4, 0.5) is 0 Å². The van der Waals surface area contributed by atoms with E-state index in [9.17, 15) is 4.79 Å². The van der Waals surface area contributed by atoms with E-state index in [1.54, 1.807) is 0 Å². The maximum atomic E-state index is 12.0. The molecule has 0 atom stereocenters. The number of rotatable bonds is 9. The number of ether oxygens (including phenoxy) is 2. The first-order valence-corrected chi connectivity index (χ1v) is 9.78. The van der Waals surface area contributed by atoms with Gasteiger partial charge in [-0.1, -0.05) is 39.0 Å². The molecule has 1 amide bonds. The Morgan fingerprint density at radius 2 is 1.79 bits per heavy atom. The summed E-state index contributed by atoms with van der Waals surface area (Å²) >= 11 is 0. The van der Waals surface area contributed by atoms with Gasteiger partial charge in [-0.3, -0.25) is 4.79 Å². The lowest BCUT2D eigenvalue weighted by Crippen LogP contribution is -2.38. The van der Waals surface area contributed by atoms with Gasteiger partial charge in [-0.05, 0) is 36.8 Å². The molecule has 0 aliphatic carbocycles. The molecule has 1 N–H and O–H groups in total. The topological polar surface area (TPSA) is 60.5 Å². The van der Waals surface area contributed by atoms with E-state index in [1.165, 1.54) is 0 Å². The smallest absolute Gasteiger partial charge is 0.225 e. The molecular formula is C23H28N2O3. The number of pyridine rings is 1. The van der Waals surface area contributed by atoms with Crippen LogP contribution in [0.5, 0.6) is 5.75 Å². The summed E-state index contributed by atoms with van der Waals surface area (Å²) in [5, 5.41) is 5.07. The number of carbonyl (C=O) groups is 1. The van der Waals surface area contributed by atoms with Crippen LogP contribution in [0.2, 0.25) is 0 Å². The summed E-state index contributed by atoms with van der Waals surface area (Å²) in [7, 11) is 0. The van der Waals surface area contributed by atoms with Gasteiger partial charge >= 0.3 is 0 Å². The van der Waals surface area contributed by atoms with Gasteiger partial charge in [0.1, 0.15) is 12.4 Å². The number of fused-ring (bicyclic) bond motifs is 2. The molecule has 1 heterocycles. The zero-order valence-electron chi connectivity index (χ0n) is 16.8. The standard InChI is InChI=1S/C23H28N2O3/c1-4-23(2,3)22(26)24-11-12-27-13-14-28-19-9-10-21-18(16-19)15-17-7-5-6-8-20(17)25-21/h5-10,15-16H,4,11-14H2,1-3H3,(H,24,26). The minimum atomic E-state index is -0.334. The average Bonchev–Trinajstić information content (AvgIpc) is 2.71. The third-order valence-corrected chi connectivity index (χ3v) is 5.01. The number of carbonyl (C=O) groups excluding carboxylic acids is 1. The number of hydrogen-bond donors (Lipinski definition) is 1. The van der Waals surface area contributed by atoms with Gasteiger partial charge in [0.05, 0.1) is 24.2 Å². The van der Waals surface area contributed by atoms with Crippen LogP contribution in [-0.2, 0) is 9.53 Å². The van der Waals surface area contributed by atoms with Crippen molar-refractivity contribution in [1.29, 1.82) is 0 Å². The molecule has 0 unspecified atom stereocenters. The molecule has 5 nitrogen and oxygen atoms in total. The fraction of sp³-hybridized carbons (Fsp3) is 0.391. The Balaban J connectivity index is 1.43. The Morgan fingerprint density at radius 1 is 1.00 bits per heavy atom. The monoisotopic (exact) mass is 380 g/mol. The highest BCUT2D eigenvalue weighted by Crippen LogP contribution is 2.23. The predicted molar refractivity (Wildman–Crippen MR) is 113 cm³/mol. The Kier molecular flexibility index (Phi) is 6.47. The normalized spacial score (nSPS) is 11.7. The van der Waals surface area contributed by atoms with E-state index in [0.29, 0.717) is 26.4 Å². The van der Waals surface area contributed by atoms with Crippen LogP contribution in [0.25, 0.3) is 21.8 Å². The molecule has 0 saturated carbocycles. The van der Waals surface area contributed by atoms with Crippen LogP contribution in [0.15, 0.2) is 48.5 Å². The Bertz CT molecular complexity index is 953. The highest BCUT2D eigenvalue weighted by Gasteiger charge is 2.24. The van der Waals surface area contributed by atoms with Gasteiger partial charge in [-0.2, -0.15) is 0 Å². The zero-order chi connectivity index (χ0) is 20.0. The molecule has 0 fully saturated rings. The number of para-hydroxylation sites is 1. The van der Waals surface area contributed by atoms with E-state index in [4.69, 9.17) is 9.47 Å². The SMILES string of the molecule is CCC(C)(C)C(=O)NCCOCCOc1ccc2nc3ccccc3cc2c1. The Hall–Kier alpha value is -2.66. The van der Waals surface area contributed by atoms with Gasteiger partial charge in [-0.15, -0.1) is 0 Å². The first-order valence-electron chi connectivity index (χ1n) is 9.78. The molecule has 0 spiro atoms. The molecule has 0 bridgehead atoms. The van der Waals surface area contributed by atoms with Gasteiger partial charge in [-0.25, -0.2) is 4.98 Å². The van der Waals surface area contributed by atoms with Crippen molar-refractivity contribution in [3.05, 3.63) is 48.5 Å². The van der Waals surface area contributed by atoms with Gasteiger partial charge in [0.25, 0.3) is 0 Å². The first-order chi connectivity index (χ1) is 13.5. The number of nitrogens with zero attached hydrogens (tertiary/aromatic N) is 1. The number of hydrogen-bond acceptors (Lipinski definition) is 4. The van der Waals surface area contributed by atoms with Crippen molar-refractivity contribution in [1.82, 2.24) is 10.3 Å². The Morgan fingerprint density at radius 3 is 2.61 bits per heavy atom. The molecule has 0 aliphatic heterocycles. The van der Waals surface area contributed by atoms with Crippen LogP contribution in [0.3, 0.4) is 0 Å². The number of aromatic nitrogens is 1. The first kappa shape index (κ1) is 20.1. The molecule has 3 rings (SSSR count). The van der Waals surface area contributed by atoms with Crippen LogP contribution in [-0.4, -0.2) is 37.3 Å². The molecule has 28 heavy (non-hydrogen) atoms. The molecule has 0 saturated heterocycles. The van der Waals surface area contributed by atoms with Crippen molar-refractivity contribution >= 4 is 27.7 Å². The molecule has 148 valence electrons. The van der Waals surface area contributed by atoms with E-state index < -0.39 is 0 Å². The molecule has 1 aromatic heterocycles. The largest absolute Gasteiger partial charge is 0.491 e. The lowest BCUT2D eigenvalue weighted by molar-refractivity contribution is -0.129. The third-order valence-electron chi connectivity index (χ3n) is 5.01. The van der Waals surface area contributed by atoms with E-state index in [-0.39, 0.29) is 11.3 Å². The van der Waals surface area contributed by atoms with Crippen molar-refractivity contribution in [3.8, 4) is 5.75 Å². The molecule has 0 radical (unpaired) electrons. The fourth-order valence-electron chi connectivity index (χ4n) is 2.81. The van der Waals surface area contributed by atoms with E-state index in [0.717, 1.165) is 34.0 Å². The van der Waals surface area contributed by atoms with Crippen molar-refractivity contribution < 1.29 is 14.3 Å². The summed E-state index contributed by atoms with van der Waals surface area (Å²) in [6.45, 7) is 7.82. The van der Waals surface area contributed by atoms with Crippen LogP contribution in [0, 0.1) is 5.41 Å². The summed E-state index contributed by atoms with van der Waals surface area (Å²) in [5.74, 6) is 0.860. The Labute approximate surface area is 166 Å². The molecular weight excluding hydrogens is 352 g/mol. The van der Waals surface area contributed by atoms with E-state index in [1.807, 2.05) is 57.2 Å². The van der Waals surface area contributed by atoms with Crippen molar-refractivity contribution in [3.63, 3.8) is 0 Å². The van der Waals surface area contributed by atoms with Gasteiger partial charge in [0, 0.05) is 22.7 Å². The van der Waals surface area contributed by atoms with Crippen LogP contribution in [0.1, 0.15) is 27.2 Å². The predicted octanol–water partition coefficient (Wildman–Crippen LogP) is 4.34. The minimum absolute atomic E-state index is 0.0622. The number of benzene rings is 2. The highest BCUT2D eigenvalue weighted by atomic mass is 16.5. The summed E-state index contributed by atoms with van der Waals surface area (Å²) in [4.78, 5) is 16.6. The fourth-order valence-corrected chi connectivity index (χ4v) is 2.81. The van der Waals surface area contributed by atoms with Crippen molar-refractivity contribution in [2.24, 2.45) is 5.41 Å². The molecule has 2 aromatic carbocycles. The van der Waals surface area contributed by atoms with Crippen LogP contribution < -0.4 is 10.1 Å². The lowest BCUT2D eigenvalue weighted by atomic mass is 9.89. The quantitative estimate of drug-likeness (QED) is 0.443. The van der Waals surface area contributed by atoms with Crippen molar-refractivity contribution in [2.75, 3.05) is 26.4 Å². The molecule has 0 aliphatic rings.